The van der Waals surface area contributed by atoms with Crippen LogP contribution in [-0.2, 0) is 0 Å². The smallest absolute Gasteiger partial charge is 0.0195 e. The molecule has 3 aliphatic heterocycles. The van der Waals surface area contributed by atoms with E-state index in [-0.39, 0.29) is 0 Å². The first-order valence-corrected chi connectivity index (χ1v) is 6.89. The molecule has 0 aromatic rings. The van der Waals surface area contributed by atoms with E-state index in [0.717, 1.165) is 18.0 Å². The molecule has 1 saturated carbocycles. The van der Waals surface area contributed by atoms with Crippen LogP contribution in [0.2, 0.25) is 0 Å². The molecule has 0 spiro atoms. The minimum Gasteiger partial charge on any atom is -0.313 e. The van der Waals surface area contributed by atoms with Gasteiger partial charge in [0.05, 0.1) is 0 Å². The molecule has 1 atom stereocenters. The lowest BCUT2D eigenvalue weighted by atomic mass is 9.79. The lowest BCUT2D eigenvalue weighted by Gasteiger charge is -2.47. The van der Waals surface area contributed by atoms with Crippen LogP contribution in [-0.4, -0.2) is 36.6 Å². The Morgan fingerprint density at radius 2 is 1.87 bits per heavy atom. The lowest BCUT2D eigenvalue weighted by Crippen LogP contribution is -2.53. The molecule has 15 heavy (non-hydrogen) atoms. The molecule has 0 aromatic carbocycles. The van der Waals surface area contributed by atoms with Crippen LogP contribution < -0.4 is 5.32 Å². The third-order valence-electron chi connectivity index (χ3n) is 4.69. The van der Waals surface area contributed by atoms with Crippen molar-refractivity contribution in [2.45, 2.75) is 57.0 Å². The monoisotopic (exact) mass is 208 g/mol. The van der Waals surface area contributed by atoms with E-state index in [0.29, 0.717) is 0 Å². The highest BCUT2D eigenvalue weighted by Crippen LogP contribution is 2.34. The maximum atomic E-state index is 3.68. The largest absolute Gasteiger partial charge is 0.313 e. The topological polar surface area (TPSA) is 15.3 Å². The summed E-state index contributed by atoms with van der Waals surface area (Å²) in [6.07, 6.45) is 10.2. The van der Waals surface area contributed by atoms with Crippen molar-refractivity contribution >= 4 is 0 Å². The Bertz CT molecular complexity index is 203. The van der Waals surface area contributed by atoms with Crippen molar-refractivity contribution in [1.29, 1.82) is 0 Å². The zero-order chi connectivity index (χ0) is 10.1. The molecule has 2 nitrogen and oxygen atoms in total. The summed E-state index contributed by atoms with van der Waals surface area (Å²) in [5.41, 5.74) is 0. The Morgan fingerprint density at radius 3 is 2.47 bits per heavy atom. The van der Waals surface area contributed by atoms with Crippen molar-refractivity contribution in [2.75, 3.05) is 19.6 Å². The molecule has 3 saturated heterocycles. The molecular formula is C13H24N2. The van der Waals surface area contributed by atoms with Crippen molar-refractivity contribution in [3.8, 4) is 0 Å². The van der Waals surface area contributed by atoms with Gasteiger partial charge in [-0.1, -0.05) is 6.42 Å². The summed E-state index contributed by atoms with van der Waals surface area (Å²) in [5, 5.41) is 3.68. The maximum Gasteiger partial charge on any atom is 0.0195 e. The van der Waals surface area contributed by atoms with E-state index in [4.69, 9.17) is 0 Å². The Labute approximate surface area is 93.4 Å². The van der Waals surface area contributed by atoms with Crippen molar-refractivity contribution < 1.29 is 0 Å². The second kappa shape index (κ2) is 4.42. The third kappa shape index (κ3) is 2.21. The highest BCUT2D eigenvalue weighted by atomic mass is 15.2. The van der Waals surface area contributed by atoms with Crippen molar-refractivity contribution in [3.63, 3.8) is 0 Å². The van der Waals surface area contributed by atoms with Gasteiger partial charge in [-0.05, 0) is 51.0 Å². The first-order chi connectivity index (χ1) is 7.42. The fourth-order valence-corrected chi connectivity index (χ4v) is 3.76. The molecule has 1 aliphatic carbocycles. The van der Waals surface area contributed by atoms with Crippen LogP contribution >= 0.6 is 0 Å². The molecule has 4 rings (SSSR count). The quantitative estimate of drug-likeness (QED) is 0.747. The normalized spacial score (nSPS) is 42.0. The Morgan fingerprint density at radius 1 is 1.00 bits per heavy atom. The van der Waals surface area contributed by atoms with Gasteiger partial charge in [-0.3, -0.25) is 4.90 Å². The predicted molar refractivity (Wildman–Crippen MR) is 63.0 cm³/mol. The van der Waals surface area contributed by atoms with E-state index in [1.807, 2.05) is 0 Å². The van der Waals surface area contributed by atoms with Gasteiger partial charge in [0.15, 0.2) is 0 Å². The van der Waals surface area contributed by atoms with Crippen molar-refractivity contribution in [2.24, 2.45) is 5.92 Å². The molecule has 2 bridgehead atoms. The summed E-state index contributed by atoms with van der Waals surface area (Å²) in [6, 6.07) is 1.75. The summed E-state index contributed by atoms with van der Waals surface area (Å²) < 4.78 is 0. The number of hydrogen-bond acceptors (Lipinski definition) is 2. The van der Waals surface area contributed by atoms with Crippen molar-refractivity contribution in [1.82, 2.24) is 10.2 Å². The zero-order valence-electron chi connectivity index (χ0n) is 9.75. The van der Waals surface area contributed by atoms with Crippen LogP contribution in [0.1, 0.15) is 44.9 Å². The molecule has 4 fully saturated rings. The van der Waals surface area contributed by atoms with Crippen LogP contribution in [0, 0.1) is 5.92 Å². The summed E-state index contributed by atoms with van der Waals surface area (Å²) >= 11 is 0. The first-order valence-electron chi connectivity index (χ1n) is 6.89. The van der Waals surface area contributed by atoms with Gasteiger partial charge in [0.2, 0.25) is 0 Å². The van der Waals surface area contributed by atoms with E-state index in [2.05, 4.69) is 10.2 Å². The van der Waals surface area contributed by atoms with Gasteiger partial charge in [0.1, 0.15) is 0 Å². The van der Waals surface area contributed by atoms with Gasteiger partial charge in [-0.2, -0.15) is 0 Å². The number of nitrogens with one attached hydrogen (secondary N) is 1. The van der Waals surface area contributed by atoms with Crippen LogP contribution in [0.3, 0.4) is 0 Å². The number of hydrogen-bond donors (Lipinski definition) is 1. The fourth-order valence-electron chi connectivity index (χ4n) is 3.76. The summed E-state index contributed by atoms with van der Waals surface area (Å²) in [6.45, 7) is 4.00. The van der Waals surface area contributed by atoms with Crippen molar-refractivity contribution in [3.05, 3.63) is 0 Å². The zero-order valence-corrected chi connectivity index (χ0v) is 9.75. The highest BCUT2D eigenvalue weighted by molar-refractivity contribution is 4.90. The number of fused-ring (bicyclic) bond motifs is 3. The lowest BCUT2D eigenvalue weighted by molar-refractivity contribution is 0.0387. The Hall–Kier alpha value is -0.0800. The molecule has 0 amide bonds. The second-order valence-corrected chi connectivity index (χ2v) is 5.78. The van der Waals surface area contributed by atoms with E-state index in [1.165, 1.54) is 64.6 Å². The van der Waals surface area contributed by atoms with Crippen LogP contribution in [0.5, 0.6) is 0 Å². The second-order valence-electron chi connectivity index (χ2n) is 5.78. The number of nitrogens with zero attached hydrogens (tertiary/aromatic N) is 1. The van der Waals surface area contributed by atoms with E-state index >= 15 is 0 Å². The van der Waals surface area contributed by atoms with E-state index in [1.54, 1.807) is 0 Å². The summed E-state index contributed by atoms with van der Waals surface area (Å²) in [4.78, 5) is 2.79. The van der Waals surface area contributed by atoms with Gasteiger partial charge in [-0.15, -0.1) is 0 Å². The van der Waals surface area contributed by atoms with Gasteiger partial charge >= 0.3 is 0 Å². The van der Waals surface area contributed by atoms with Gasteiger partial charge in [0, 0.05) is 25.2 Å². The number of rotatable bonds is 2. The molecule has 0 aromatic heterocycles. The molecule has 2 heteroatoms. The van der Waals surface area contributed by atoms with Crippen LogP contribution in [0.15, 0.2) is 0 Å². The standard InChI is InChI=1S/C13H24N2/c1-2-8-14-12(3-1)10-15-9-11-4-6-13(15)7-5-11/h11-14H,1-10H2/t11?,12-,13?/m1/s1. The average molecular weight is 208 g/mol. The average Bonchev–Trinajstić information content (AvgIpc) is 2.32. The van der Waals surface area contributed by atoms with Crippen LogP contribution in [0.25, 0.3) is 0 Å². The molecule has 3 heterocycles. The minimum absolute atomic E-state index is 0.804. The highest BCUT2D eigenvalue weighted by Gasteiger charge is 2.34. The van der Waals surface area contributed by atoms with E-state index in [9.17, 15) is 0 Å². The predicted octanol–water partition coefficient (Wildman–Crippen LogP) is 2.00. The molecule has 0 unspecified atom stereocenters. The summed E-state index contributed by atoms with van der Waals surface area (Å²) in [5.74, 6) is 1.04. The number of piperidine rings is 3. The minimum atomic E-state index is 0.804. The molecule has 0 radical (unpaired) electrons. The summed E-state index contributed by atoms with van der Waals surface area (Å²) in [7, 11) is 0. The third-order valence-corrected chi connectivity index (χ3v) is 4.69. The SMILES string of the molecule is C1CC[C@H](CN2CC3CCC2CC3)NC1. The van der Waals surface area contributed by atoms with Gasteiger partial charge in [-0.25, -0.2) is 0 Å². The van der Waals surface area contributed by atoms with Crippen LogP contribution in [0.4, 0.5) is 0 Å². The Balaban J connectivity index is 1.54. The first kappa shape index (κ1) is 10.1. The molecule has 86 valence electrons. The molecule has 1 N–H and O–H groups in total. The fraction of sp³-hybridized carbons (Fsp3) is 1.00. The maximum absolute atomic E-state index is 3.68. The van der Waals surface area contributed by atoms with Gasteiger partial charge < -0.3 is 5.32 Å². The molecular weight excluding hydrogens is 184 g/mol. The Kier molecular flexibility index (Phi) is 2.98. The molecule has 4 aliphatic rings. The van der Waals surface area contributed by atoms with Gasteiger partial charge in [0.25, 0.3) is 0 Å². The van der Waals surface area contributed by atoms with E-state index < -0.39 is 0 Å².